The van der Waals surface area contributed by atoms with Crippen LogP contribution < -0.4 is 10.2 Å². The molecule has 1 aromatic heterocycles. The average molecular weight is 406 g/mol. The minimum Gasteiger partial charge on any atom is -0.459 e. The first-order chi connectivity index (χ1) is 13.2. The van der Waals surface area contributed by atoms with Crippen LogP contribution in [0, 0.1) is 5.92 Å². The molecule has 2 amide bonds. The summed E-state index contributed by atoms with van der Waals surface area (Å²) in [7, 11) is 3.89. The van der Waals surface area contributed by atoms with Gasteiger partial charge in [-0.1, -0.05) is 13.8 Å². The second-order valence-corrected chi connectivity index (χ2v) is 8.05. The van der Waals surface area contributed by atoms with Crippen molar-refractivity contribution in [3.63, 3.8) is 0 Å². The number of halogens is 1. The highest BCUT2D eigenvalue weighted by Gasteiger charge is 2.21. The molecule has 0 bridgehead atoms. The Bertz CT molecular complexity index is 801. The Labute approximate surface area is 171 Å². The van der Waals surface area contributed by atoms with E-state index in [0.717, 1.165) is 11.3 Å². The molecule has 1 N–H and O–H groups in total. The van der Waals surface area contributed by atoms with Gasteiger partial charge in [0, 0.05) is 38.6 Å². The van der Waals surface area contributed by atoms with Gasteiger partial charge in [-0.2, -0.15) is 0 Å². The van der Waals surface area contributed by atoms with Crippen molar-refractivity contribution in [1.29, 1.82) is 0 Å². The van der Waals surface area contributed by atoms with Gasteiger partial charge in [-0.15, -0.1) is 11.6 Å². The number of carbonyl (C=O) groups is 2. The van der Waals surface area contributed by atoms with E-state index in [1.54, 1.807) is 24.0 Å². The summed E-state index contributed by atoms with van der Waals surface area (Å²) in [5.41, 5.74) is 2.54. The minimum atomic E-state index is -0.630. The van der Waals surface area contributed by atoms with Crippen molar-refractivity contribution in [2.75, 3.05) is 30.9 Å². The number of hydrogen-bond donors (Lipinski definition) is 1. The van der Waals surface area contributed by atoms with Gasteiger partial charge in [-0.05, 0) is 48.7 Å². The van der Waals surface area contributed by atoms with E-state index in [-0.39, 0.29) is 11.8 Å². The zero-order valence-corrected chi connectivity index (χ0v) is 17.8. The average Bonchev–Trinajstić information content (AvgIpc) is 3.14. The molecule has 0 aliphatic carbocycles. The monoisotopic (exact) mass is 405 g/mol. The molecule has 1 heterocycles. The highest BCUT2D eigenvalue weighted by molar-refractivity contribution is 6.32. The fourth-order valence-electron chi connectivity index (χ4n) is 2.89. The number of carbonyl (C=O) groups excluding carboxylic acids is 2. The molecule has 2 rings (SSSR count). The third-order valence-electron chi connectivity index (χ3n) is 4.16. The maximum absolute atomic E-state index is 12.9. The van der Waals surface area contributed by atoms with Crippen LogP contribution in [0.3, 0.4) is 0 Å². The molecule has 0 saturated carbocycles. The van der Waals surface area contributed by atoms with Gasteiger partial charge >= 0.3 is 0 Å². The van der Waals surface area contributed by atoms with E-state index in [4.69, 9.17) is 16.0 Å². The lowest BCUT2D eigenvalue weighted by Gasteiger charge is -2.27. The van der Waals surface area contributed by atoms with Crippen molar-refractivity contribution in [2.24, 2.45) is 5.92 Å². The standard InChI is InChI=1S/C21H28ClN3O3/c1-14(2)12-25(21(27)19-7-6-10-28-19)13-16-11-17(23-20(26)15(3)22)8-9-18(16)24(4)5/h6-11,14-15H,12-13H2,1-5H3,(H,23,26). The summed E-state index contributed by atoms with van der Waals surface area (Å²) in [5.74, 6) is 0.178. The number of alkyl halides is 1. The summed E-state index contributed by atoms with van der Waals surface area (Å²) in [5, 5.41) is 2.18. The van der Waals surface area contributed by atoms with Crippen LogP contribution >= 0.6 is 11.6 Å². The lowest BCUT2D eigenvalue weighted by atomic mass is 10.1. The fraction of sp³-hybridized carbons (Fsp3) is 0.429. The topological polar surface area (TPSA) is 65.8 Å². The fourth-order valence-corrected chi connectivity index (χ4v) is 2.94. The summed E-state index contributed by atoms with van der Waals surface area (Å²) in [6, 6.07) is 9.01. The van der Waals surface area contributed by atoms with Crippen molar-refractivity contribution in [3.8, 4) is 0 Å². The van der Waals surface area contributed by atoms with Crippen LogP contribution in [0.15, 0.2) is 41.0 Å². The molecule has 2 aromatic rings. The van der Waals surface area contributed by atoms with Crippen molar-refractivity contribution in [1.82, 2.24) is 4.90 Å². The molecule has 6 nitrogen and oxygen atoms in total. The first kappa shape index (κ1) is 21.8. The lowest BCUT2D eigenvalue weighted by molar-refractivity contribution is -0.115. The molecule has 1 unspecified atom stereocenters. The molecule has 0 aliphatic heterocycles. The van der Waals surface area contributed by atoms with Gasteiger partial charge in [0.1, 0.15) is 5.38 Å². The SMILES string of the molecule is CC(C)CN(Cc1cc(NC(=O)C(C)Cl)ccc1N(C)C)C(=O)c1ccco1. The van der Waals surface area contributed by atoms with Crippen LogP contribution in [-0.4, -0.2) is 42.7 Å². The Morgan fingerprint density at radius 1 is 1.18 bits per heavy atom. The third kappa shape index (κ3) is 5.76. The van der Waals surface area contributed by atoms with Gasteiger partial charge in [0.25, 0.3) is 5.91 Å². The zero-order valence-electron chi connectivity index (χ0n) is 17.0. The van der Waals surface area contributed by atoms with Gasteiger partial charge in [-0.3, -0.25) is 9.59 Å². The Morgan fingerprint density at radius 2 is 1.89 bits per heavy atom. The molecule has 1 atom stereocenters. The number of hydrogen-bond acceptors (Lipinski definition) is 4. The molecule has 0 aliphatic rings. The molecule has 0 radical (unpaired) electrons. The Balaban J connectivity index is 2.35. The second-order valence-electron chi connectivity index (χ2n) is 7.40. The lowest BCUT2D eigenvalue weighted by Crippen LogP contribution is -2.34. The second kappa shape index (κ2) is 9.64. The number of nitrogens with zero attached hydrogens (tertiary/aromatic N) is 2. The molecular formula is C21H28ClN3O3. The van der Waals surface area contributed by atoms with Crippen LogP contribution in [0.2, 0.25) is 0 Å². The molecule has 7 heteroatoms. The zero-order chi connectivity index (χ0) is 20.8. The maximum Gasteiger partial charge on any atom is 0.289 e. The maximum atomic E-state index is 12.9. The summed E-state index contributed by atoms with van der Waals surface area (Å²) >= 11 is 5.86. The van der Waals surface area contributed by atoms with Crippen molar-refractivity contribution in [3.05, 3.63) is 47.9 Å². The predicted octanol–water partition coefficient (Wildman–Crippen LogP) is 4.21. The summed E-state index contributed by atoms with van der Waals surface area (Å²) in [4.78, 5) is 28.6. The van der Waals surface area contributed by atoms with E-state index >= 15 is 0 Å². The van der Waals surface area contributed by atoms with Crippen molar-refractivity contribution >= 4 is 34.8 Å². The number of benzene rings is 1. The molecule has 0 saturated heterocycles. The van der Waals surface area contributed by atoms with E-state index in [2.05, 4.69) is 19.2 Å². The Kier molecular flexibility index (Phi) is 7.52. The highest BCUT2D eigenvalue weighted by atomic mass is 35.5. The molecule has 0 spiro atoms. The van der Waals surface area contributed by atoms with E-state index in [1.807, 2.05) is 37.2 Å². The smallest absolute Gasteiger partial charge is 0.289 e. The van der Waals surface area contributed by atoms with E-state index < -0.39 is 5.38 Å². The van der Waals surface area contributed by atoms with E-state index in [9.17, 15) is 9.59 Å². The van der Waals surface area contributed by atoms with Crippen molar-refractivity contribution < 1.29 is 14.0 Å². The molecular weight excluding hydrogens is 378 g/mol. The summed E-state index contributed by atoms with van der Waals surface area (Å²) in [6.45, 7) is 6.73. The van der Waals surface area contributed by atoms with Gasteiger partial charge in [-0.25, -0.2) is 0 Å². The Morgan fingerprint density at radius 3 is 2.43 bits per heavy atom. The minimum absolute atomic E-state index is 0.160. The van der Waals surface area contributed by atoms with Crippen LogP contribution in [0.5, 0.6) is 0 Å². The molecule has 28 heavy (non-hydrogen) atoms. The highest BCUT2D eigenvalue weighted by Crippen LogP contribution is 2.26. The molecule has 0 fully saturated rings. The summed E-state index contributed by atoms with van der Waals surface area (Å²) < 4.78 is 5.30. The van der Waals surface area contributed by atoms with E-state index in [1.165, 1.54) is 6.26 Å². The quantitative estimate of drug-likeness (QED) is 0.668. The Hall–Kier alpha value is -2.47. The van der Waals surface area contributed by atoms with Gasteiger partial charge in [0.05, 0.1) is 6.26 Å². The largest absolute Gasteiger partial charge is 0.459 e. The van der Waals surface area contributed by atoms with Gasteiger partial charge < -0.3 is 19.5 Å². The van der Waals surface area contributed by atoms with Crippen LogP contribution in [0.25, 0.3) is 0 Å². The number of rotatable bonds is 8. The number of nitrogens with one attached hydrogen (secondary N) is 1. The molecule has 1 aromatic carbocycles. The first-order valence-electron chi connectivity index (χ1n) is 9.27. The van der Waals surface area contributed by atoms with Crippen LogP contribution in [0.4, 0.5) is 11.4 Å². The van der Waals surface area contributed by atoms with E-state index in [0.29, 0.717) is 30.5 Å². The third-order valence-corrected chi connectivity index (χ3v) is 4.35. The van der Waals surface area contributed by atoms with Gasteiger partial charge in [0.2, 0.25) is 5.91 Å². The number of furan rings is 1. The normalized spacial score (nSPS) is 12.0. The van der Waals surface area contributed by atoms with Crippen molar-refractivity contribution in [2.45, 2.75) is 32.7 Å². The number of anilines is 2. The predicted molar refractivity (Wildman–Crippen MR) is 113 cm³/mol. The van der Waals surface area contributed by atoms with Gasteiger partial charge in [0.15, 0.2) is 5.76 Å². The summed E-state index contributed by atoms with van der Waals surface area (Å²) in [6.07, 6.45) is 1.50. The molecule has 152 valence electrons. The van der Waals surface area contributed by atoms with Crippen LogP contribution in [0.1, 0.15) is 36.9 Å². The number of amides is 2. The first-order valence-corrected chi connectivity index (χ1v) is 9.70. The van der Waals surface area contributed by atoms with Crippen LogP contribution in [-0.2, 0) is 11.3 Å².